The molecule has 1 N–H and O–H groups in total. The van der Waals surface area contributed by atoms with E-state index in [9.17, 15) is 0 Å². The zero-order valence-electron chi connectivity index (χ0n) is 12.4. The molecule has 1 aliphatic rings. The van der Waals surface area contributed by atoms with Crippen molar-refractivity contribution in [2.24, 2.45) is 0 Å². The molecule has 1 saturated heterocycles. The van der Waals surface area contributed by atoms with Crippen LogP contribution >= 0.6 is 15.9 Å². The lowest BCUT2D eigenvalue weighted by molar-refractivity contribution is 0.949. The summed E-state index contributed by atoms with van der Waals surface area (Å²) in [5.41, 5.74) is 5.10. The van der Waals surface area contributed by atoms with Gasteiger partial charge in [0, 0.05) is 35.5 Å². The van der Waals surface area contributed by atoms with Crippen LogP contribution in [0.4, 0.5) is 11.4 Å². The van der Waals surface area contributed by atoms with Crippen molar-refractivity contribution < 1.29 is 0 Å². The zero-order chi connectivity index (χ0) is 14.7. The number of anilines is 2. The van der Waals surface area contributed by atoms with Crippen molar-refractivity contribution in [3.8, 4) is 0 Å². The minimum absolute atomic E-state index is 0.862. The van der Waals surface area contributed by atoms with Gasteiger partial charge in [0.15, 0.2) is 0 Å². The van der Waals surface area contributed by atoms with Crippen LogP contribution in [0.25, 0.3) is 0 Å². The predicted octanol–water partition coefficient (Wildman–Crippen LogP) is 4.97. The van der Waals surface area contributed by atoms with Crippen LogP contribution in [-0.4, -0.2) is 13.1 Å². The molecule has 3 rings (SSSR count). The van der Waals surface area contributed by atoms with Gasteiger partial charge in [0.1, 0.15) is 0 Å². The fourth-order valence-electron chi connectivity index (χ4n) is 2.76. The van der Waals surface area contributed by atoms with Gasteiger partial charge in [-0.05, 0) is 61.2 Å². The van der Waals surface area contributed by atoms with Crippen LogP contribution < -0.4 is 10.2 Å². The summed E-state index contributed by atoms with van der Waals surface area (Å²) in [7, 11) is 0. The molecule has 0 aromatic heterocycles. The number of hydrogen-bond acceptors (Lipinski definition) is 2. The van der Waals surface area contributed by atoms with Crippen LogP contribution in [0.3, 0.4) is 0 Å². The lowest BCUT2D eigenvalue weighted by atomic mass is 10.1. The Kier molecular flexibility index (Phi) is 4.49. The molecule has 0 bridgehead atoms. The van der Waals surface area contributed by atoms with Crippen molar-refractivity contribution in [1.82, 2.24) is 0 Å². The summed E-state index contributed by atoms with van der Waals surface area (Å²) < 4.78 is 1.16. The van der Waals surface area contributed by atoms with E-state index in [1.807, 2.05) is 0 Å². The number of nitrogens with one attached hydrogen (secondary N) is 1. The topological polar surface area (TPSA) is 15.3 Å². The minimum atomic E-state index is 0.862. The molecule has 1 heterocycles. The first kappa shape index (κ1) is 14.5. The Bertz CT molecular complexity index is 601. The van der Waals surface area contributed by atoms with Crippen LogP contribution in [0.1, 0.15) is 24.0 Å². The molecule has 0 aliphatic carbocycles. The van der Waals surface area contributed by atoms with Gasteiger partial charge in [-0.25, -0.2) is 0 Å². The van der Waals surface area contributed by atoms with E-state index in [1.54, 1.807) is 0 Å². The molecule has 0 radical (unpaired) electrons. The molecule has 0 spiro atoms. The van der Waals surface area contributed by atoms with Crippen molar-refractivity contribution in [2.75, 3.05) is 23.3 Å². The number of halogens is 1. The van der Waals surface area contributed by atoms with Gasteiger partial charge in [-0.1, -0.05) is 28.1 Å². The average molecular weight is 345 g/mol. The van der Waals surface area contributed by atoms with Gasteiger partial charge in [0.25, 0.3) is 0 Å². The molecule has 2 aromatic carbocycles. The molecular formula is C18H21BrN2. The Morgan fingerprint density at radius 1 is 1.05 bits per heavy atom. The number of benzene rings is 2. The maximum atomic E-state index is 3.53. The van der Waals surface area contributed by atoms with E-state index < -0.39 is 0 Å². The van der Waals surface area contributed by atoms with Gasteiger partial charge in [-0.2, -0.15) is 0 Å². The molecule has 3 heteroatoms. The molecule has 1 aliphatic heterocycles. The zero-order valence-corrected chi connectivity index (χ0v) is 14.0. The SMILES string of the molecule is Cc1cc(NCc2ccc(N3CCCC3)cc2)ccc1Br. The fourth-order valence-corrected chi connectivity index (χ4v) is 3.01. The summed E-state index contributed by atoms with van der Waals surface area (Å²) in [4.78, 5) is 2.47. The van der Waals surface area contributed by atoms with E-state index >= 15 is 0 Å². The van der Waals surface area contributed by atoms with E-state index in [0.717, 1.165) is 11.0 Å². The quantitative estimate of drug-likeness (QED) is 0.842. The molecule has 0 atom stereocenters. The van der Waals surface area contributed by atoms with Crippen LogP contribution in [0.5, 0.6) is 0 Å². The Hall–Kier alpha value is -1.48. The Labute approximate surface area is 135 Å². The normalized spacial score (nSPS) is 14.5. The number of nitrogens with zero attached hydrogens (tertiary/aromatic N) is 1. The second-order valence-electron chi connectivity index (χ2n) is 5.68. The van der Waals surface area contributed by atoms with E-state index in [2.05, 4.69) is 75.5 Å². The lowest BCUT2D eigenvalue weighted by Gasteiger charge is -2.18. The van der Waals surface area contributed by atoms with Crippen molar-refractivity contribution >= 4 is 27.3 Å². The molecule has 0 amide bonds. The molecule has 1 fully saturated rings. The summed E-state index contributed by atoms with van der Waals surface area (Å²) in [6, 6.07) is 15.3. The third-order valence-electron chi connectivity index (χ3n) is 4.06. The van der Waals surface area contributed by atoms with Crippen molar-refractivity contribution in [2.45, 2.75) is 26.3 Å². The van der Waals surface area contributed by atoms with Crippen LogP contribution in [0.2, 0.25) is 0 Å². The fraction of sp³-hybridized carbons (Fsp3) is 0.333. The van der Waals surface area contributed by atoms with Gasteiger partial charge in [-0.15, -0.1) is 0 Å². The smallest absolute Gasteiger partial charge is 0.0400 e. The van der Waals surface area contributed by atoms with Gasteiger partial charge < -0.3 is 10.2 Å². The first-order valence-electron chi connectivity index (χ1n) is 7.56. The summed E-state index contributed by atoms with van der Waals surface area (Å²) in [5, 5.41) is 3.48. The Morgan fingerprint density at radius 3 is 2.43 bits per heavy atom. The van der Waals surface area contributed by atoms with Gasteiger partial charge >= 0.3 is 0 Å². The van der Waals surface area contributed by atoms with E-state index in [-0.39, 0.29) is 0 Å². The first-order valence-corrected chi connectivity index (χ1v) is 8.35. The molecule has 21 heavy (non-hydrogen) atoms. The summed E-state index contributed by atoms with van der Waals surface area (Å²) in [5.74, 6) is 0. The van der Waals surface area contributed by atoms with Crippen molar-refractivity contribution in [1.29, 1.82) is 0 Å². The minimum Gasteiger partial charge on any atom is -0.381 e. The van der Waals surface area contributed by atoms with Gasteiger partial charge in [0.05, 0.1) is 0 Å². The van der Waals surface area contributed by atoms with Gasteiger partial charge in [-0.3, -0.25) is 0 Å². The largest absolute Gasteiger partial charge is 0.381 e. The summed E-state index contributed by atoms with van der Waals surface area (Å²) in [6.07, 6.45) is 2.65. The Morgan fingerprint density at radius 2 is 1.76 bits per heavy atom. The maximum absolute atomic E-state index is 3.53. The summed E-state index contributed by atoms with van der Waals surface area (Å²) >= 11 is 3.53. The molecule has 0 saturated carbocycles. The predicted molar refractivity (Wildman–Crippen MR) is 94.1 cm³/mol. The van der Waals surface area contributed by atoms with Crippen LogP contribution in [0, 0.1) is 6.92 Å². The molecular weight excluding hydrogens is 324 g/mol. The van der Waals surface area contributed by atoms with Crippen LogP contribution in [0.15, 0.2) is 46.9 Å². The maximum Gasteiger partial charge on any atom is 0.0400 e. The average Bonchev–Trinajstić information content (AvgIpc) is 3.03. The molecule has 2 aromatic rings. The van der Waals surface area contributed by atoms with Gasteiger partial charge in [0.2, 0.25) is 0 Å². The second-order valence-corrected chi connectivity index (χ2v) is 6.53. The van der Waals surface area contributed by atoms with E-state index in [0.29, 0.717) is 0 Å². The van der Waals surface area contributed by atoms with E-state index in [4.69, 9.17) is 0 Å². The number of hydrogen-bond donors (Lipinski definition) is 1. The highest BCUT2D eigenvalue weighted by Crippen LogP contribution is 2.22. The van der Waals surface area contributed by atoms with E-state index in [1.165, 1.54) is 48.4 Å². The number of rotatable bonds is 4. The number of aryl methyl sites for hydroxylation is 1. The third kappa shape index (κ3) is 3.59. The summed E-state index contributed by atoms with van der Waals surface area (Å²) in [6.45, 7) is 5.38. The highest BCUT2D eigenvalue weighted by molar-refractivity contribution is 9.10. The van der Waals surface area contributed by atoms with Crippen molar-refractivity contribution in [3.63, 3.8) is 0 Å². The highest BCUT2D eigenvalue weighted by Gasteiger charge is 2.11. The monoisotopic (exact) mass is 344 g/mol. The Balaban J connectivity index is 1.61. The lowest BCUT2D eigenvalue weighted by Crippen LogP contribution is -2.17. The molecule has 2 nitrogen and oxygen atoms in total. The first-order chi connectivity index (χ1) is 10.2. The molecule has 0 unspecified atom stereocenters. The third-order valence-corrected chi connectivity index (χ3v) is 4.95. The van der Waals surface area contributed by atoms with Crippen molar-refractivity contribution in [3.05, 3.63) is 58.1 Å². The van der Waals surface area contributed by atoms with Crippen LogP contribution in [-0.2, 0) is 6.54 Å². The highest BCUT2D eigenvalue weighted by atomic mass is 79.9. The molecule has 110 valence electrons. The standard InChI is InChI=1S/C18H21BrN2/c1-14-12-16(6-9-18(14)19)20-13-15-4-7-17(8-5-15)21-10-2-3-11-21/h4-9,12,20H,2-3,10-11,13H2,1H3. The second kappa shape index (κ2) is 6.52.